The van der Waals surface area contributed by atoms with Gasteiger partial charge >= 0.3 is 0 Å². The Morgan fingerprint density at radius 2 is 1.90 bits per heavy atom. The van der Waals surface area contributed by atoms with E-state index in [1.165, 1.54) is 18.0 Å². The summed E-state index contributed by atoms with van der Waals surface area (Å²) in [5, 5.41) is 0.213. The van der Waals surface area contributed by atoms with Gasteiger partial charge in [-0.3, -0.25) is 4.72 Å². The molecule has 1 heterocycles. The van der Waals surface area contributed by atoms with Crippen molar-refractivity contribution in [1.82, 2.24) is 9.97 Å². The maximum absolute atomic E-state index is 12.3. The molecule has 2 aromatic rings. The predicted octanol–water partition coefficient (Wildman–Crippen LogP) is 2.42. The first-order valence-corrected chi connectivity index (χ1v) is 8.03. The van der Waals surface area contributed by atoms with Crippen molar-refractivity contribution in [2.45, 2.75) is 24.2 Å². The number of sulfonamides is 1. The highest BCUT2D eigenvalue weighted by atomic mass is 35.5. The van der Waals surface area contributed by atoms with Crippen LogP contribution in [0.4, 0.5) is 5.82 Å². The number of nitrogens with one attached hydrogen (secondary N) is 1. The van der Waals surface area contributed by atoms with Crippen LogP contribution in [0.25, 0.3) is 0 Å². The molecule has 0 spiro atoms. The molecule has 0 saturated heterocycles. The van der Waals surface area contributed by atoms with Crippen LogP contribution in [-0.2, 0) is 22.9 Å². The van der Waals surface area contributed by atoms with Crippen molar-refractivity contribution < 1.29 is 8.42 Å². The maximum Gasteiger partial charge on any atom is 0.263 e. The number of halogens is 1. The molecule has 0 aliphatic heterocycles. The molecule has 0 fully saturated rings. The lowest BCUT2D eigenvalue weighted by molar-refractivity contribution is 0.601. The summed E-state index contributed by atoms with van der Waals surface area (Å²) in [6.07, 6.45) is 5.61. The van der Waals surface area contributed by atoms with E-state index in [2.05, 4.69) is 14.7 Å². The largest absolute Gasteiger partial charge is 0.263 e. The van der Waals surface area contributed by atoms with Gasteiger partial charge in [0.15, 0.2) is 5.82 Å². The molecule has 3 rings (SSSR count). The summed E-state index contributed by atoms with van der Waals surface area (Å²) in [5.41, 5.74) is 2.34. The average molecular weight is 310 g/mol. The molecule has 0 saturated carbocycles. The Hall–Kier alpha value is -1.66. The van der Waals surface area contributed by atoms with E-state index < -0.39 is 10.0 Å². The van der Waals surface area contributed by atoms with Gasteiger partial charge in [-0.15, -0.1) is 0 Å². The number of nitrogens with zero attached hydrogens (tertiary/aromatic N) is 2. The zero-order chi connectivity index (χ0) is 14.2. The van der Waals surface area contributed by atoms with E-state index in [9.17, 15) is 8.42 Å². The molecule has 1 aromatic heterocycles. The standard InChI is InChI=1S/C13H12ClN3O2S/c14-12-7-16-13(8-15-12)17-20(18,19)11-5-4-9-2-1-3-10(9)6-11/h4-8H,1-3H2,(H,16,17). The predicted molar refractivity (Wildman–Crippen MR) is 76.3 cm³/mol. The van der Waals surface area contributed by atoms with Crippen LogP contribution in [0.5, 0.6) is 0 Å². The van der Waals surface area contributed by atoms with Gasteiger partial charge < -0.3 is 0 Å². The second kappa shape index (κ2) is 5.03. The minimum absolute atomic E-state index is 0.148. The minimum atomic E-state index is -3.64. The normalized spacial score (nSPS) is 14.1. The van der Waals surface area contributed by atoms with E-state index >= 15 is 0 Å². The quantitative estimate of drug-likeness (QED) is 0.945. The molecule has 5 nitrogen and oxygen atoms in total. The van der Waals surface area contributed by atoms with Crippen LogP contribution >= 0.6 is 11.6 Å². The SMILES string of the molecule is O=S(=O)(Nc1cnc(Cl)cn1)c1ccc2c(c1)CCC2. The van der Waals surface area contributed by atoms with E-state index in [4.69, 9.17) is 11.6 Å². The molecular weight excluding hydrogens is 298 g/mol. The summed E-state index contributed by atoms with van der Waals surface area (Å²) in [7, 11) is -3.64. The van der Waals surface area contributed by atoms with Gasteiger partial charge in [-0.2, -0.15) is 0 Å². The number of aromatic nitrogens is 2. The van der Waals surface area contributed by atoms with Crippen molar-refractivity contribution in [1.29, 1.82) is 0 Å². The topological polar surface area (TPSA) is 72.0 Å². The lowest BCUT2D eigenvalue weighted by atomic mass is 10.1. The zero-order valence-electron chi connectivity index (χ0n) is 10.5. The van der Waals surface area contributed by atoms with Crippen molar-refractivity contribution in [3.05, 3.63) is 46.9 Å². The summed E-state index contributed by atoms with van der Waals surface area (Å²) in [6.45, 7) is 0. The second-order valence-corrected chi connectivity index (χ2v) is 6.68. The molecular formula is C13H12ClN3O2S. The Morgan fingerprint density at radius 1 is 1.10 bits per heavy atom. The summed E-state index contributed by atoms with van der Waals surface area (Å²) >= 11 is 5.61. The first kappa shape index (κ1) is 13.3. The smallest absolute Gasteiger partial charge is 0.262 e. The van der Waals surface area contributed by atoms with Crippen LogP contribution in [0.1, 0.15) is 17.5 Å². The number of hydrogen-bond donors (Lipinski definition) is 1. The van der Waals surface area contributed by atoms with Crippen molar-refractivity contribution >= 4 is 27.4 Å². The van der Waals surface area contributed by atoms with Crippen LogP contribution in [-0.4, -0.2) is 18.4 Å². The van der Waals surface area contributed by atoms with Gasteiger partial charge in [0.2, 0.25) is 0 Å². The van der Waals surface area contributed by atoms with E-state index in [1.54, 1.807) is 12.1 Å². The number of aryl methyl sites for hydroxylation is 2. The Kier molecular flexibility index (Phi) is 3.35. The summed E-state index contributed by atoms with van der Waals surface area (Å²) in [6, 6.07) is 5.23. The van der Waals surface area contributed by atoms with Gasteiger partial charge in [0.05, 0.1) is 17.3 Å². The fourth-order valence-electron chi connectivity index (χ4n) is 2.28. The molecule has 0 amide bonds. The van der Waals surface area contributed by atoms with Gasteiger partial charge in [-0.1, -0.05) is 17.7 Å². The fourth-order valence-corrected chi connectivity index (χ4v) is 3.42. The van der Waals surface area contributed by atoms with Crippen LogP contribution in [0.2, 0.25) is 5.15 Å². The number of anilines is 1. The van der Waals surface area contributed by atoms with E-state index in [1.807, 2.05) is 6.07 Å². The molecule has 0 unspecified atom stereocenters. The molecule has 0 radical (unpaired) electrons. The summed E-state index contributed by atoms with van der Waals surface area (Å²) < 4.78 is 26.9. The highest BCUT2D eigenvalue weighted by Gasteiger charge is 2.19. The molecule has 1 aliphatic carbocycles. The molecule has 7 heteroatoms. The minimum Gasteiger partial charge on any atom is -0.262 e. The maximum atomic E-state index is 12.3. The second-order valence-electron chi connectivity index (χ2n) is 4.61. The van der Waals surface area contributed by atoms with Crippen molar-refractivity contribution in [3.63, 3.8) is 0 Å². The van der Waals surface area contributed by atoms with Gasteiger partial charge in [-0.05, 0) is 42.5 Å². The van der Waals surface area contributed by atoms with Crippen LogP contribution in [0.3, 0.4) is 0 Å². The van der Waals surface area contributed by atoms with Crippen molar-refractivity contribution in [2.75, 3.05) is 4.72 Å². The lowest BCUT2D eigenvalue weighted by Crippen LogP contribution is -2.14. The zero-order valence-corrected chi connectivity index (χ0v) is 12.1. The first-order chi connectivity index (χ1) is 9.54. The Morgan fingerprint density at radius 3 is 2.65 bits per heavy atom. The monoisotopic (exact) mass is 309 g/mol. The van der Waals surface area contributed by atoms with Crippen molar-refractivity contribution in [2.24, 2.45) is 0 Å². The van der Waals surface area contributed by atoms with E-state index in [-0.39, 0.29) is 15.9 Å². The number of rotatable bonds is 3. The Labute approximate surface area is 122 Å². The van der Waals surface area contributed by atoms with Gasteiger partial charge in [-0.25, -0.2) is 18.4 Å². The van der Waals surface area contributed by atoms with Gasteiger partial charge in [0.25, 0.3) is 10.0 Å². The third-order valence-electron chi connectivity index (χ3n) is 3.24. The van der Waals surface area contributed by atoms with E-state index in [0.717, 1.165) is 24.8 Å². The number of benzene rings is 1. The highest BCUT2D eigenvalue weighted by molar-refractivity contribution is 7.92. The molecule has 0 bridgehead atoms. The summed E-state index contributed by atoms with van der Waals surface area (Å²) in [5.74, 6) is 0.148. The number of fused-ring (bicyclic) bond motifs is 1. The molecule has 104 valence electrons. The first-order valence-electron chi connectivity index (χ1n) is 6.17. The number of hydrogen-bond acceptors (Lipinski definition) is 4. The fraction of sp³-hybridized carbons (Fsp3) is 0.231. The van der Waals surface area contributed by atoms with Gasteiger partial charge in [0.1, 0.15) is 5.15 Å². The molecule has 1 N–H and O–H groups in total. The molecule has 1 aliphatic rings. The van der Waals surface area contributed by atoms with E-state index in [0.29, 0.717) is 0 Å². The van der Waals surface area contributed by atoms with Crippen LogP contribution in [0, 0.1) is 0 Å². The van der Waals surface area contributed by atoms with Gasteiger partial charge in [0, 0.05) is 0 Å². The summed E-state index contributed by atoms with van der Waals surface area (Å²) in [4.78, 5) is 7.91. The lowest BCUT2D eigenvalue weighted by Gasteiger charge is -2.08. The third kappa shape index (κ3) is 2.62. The Balaban J connectivity index is 1.90. The van der Waals surface area contributed by atoms with Crippen LogP contribution in [0.15, 0.2) is 35.5 Å². The average Bonchev–Trinajstić information content (AvgIpc) is 2.88. The van der Waals surface area contributed by atoms with Crippen LogP contribution < -0.4 is 4.72 Å². The van der Waals surface area contributed by atoms with Crippen molar-refractivity contribution in [3.8, 4) is 0 Å². The molecule has 20 heavy (non-hydrogen) atoms. The highest BCUT2D eigenvalue weighted by Crippen LogP contribution is 2.25. The Bertz CT molecular complexity index is 745. The third-order valence-corrected chi connectivity index (χ3v) is 4.79. The molecule has 1 aromatic carbocycles. The molecule has 0 atom stereocenters.